The van der Waals surface area contributed by atoms with Crippen LogP contribution in [0, 0.1) is 5.92 Å². The molecule has 0 aliphatic heterocycles. The number of urea groups is 1. The van der Waals surface area contributed by atoms with E-state index in [1.54, 1.807) is 12.1 Å². The minimum absolute atomic E-state index is 0.142. The van der Waals surface area contributed by atoms with E-state index in [4.69, 9.17) is 4.98 Å². The second-order valence-electron chi connectivity index (χ2n) is 15.7. The maximum absolute atomic E-state index is 15.4. The number of benzene rings is 5. The number of nitrogens with one attached hydrogen (secondary N) is 1. The summed E-state index contributed by atoms with van der Waals surface area (Å²) >= 11 is 0. The van der Waals surface area contributed by atoms with Crippen molar-refractivity contribution in [2.75, 3.05) is 5.32 Å². The molecule has 0 saturated heterocycles. The molecule has 2 amide bonds. The fraction of sp³-hybridized carbons (Fsp3) is 0.306. The molecule has 1 aliphatic rings. The Bertz CT molecular complexity index is 2010. The van der Waals surface area contributed by atoms with Crippen molar-refractivity contribution in [1.29, 1.82) is 0 Å². The van der Waals surface area contributed by atoms with Crippen molar-refractivity contribution >= 4 is 11.7 Å². The minimum Gasteiger partial charge on any atom is -0.508 e. The van der Waals surface area contributed by atoms with Crippen molar-refractivity contribution in [3.05, 3.63) is 185 Å². The molecule has 1 aromatic heterocycles. The molecule has 5 aromatic carbocycles. The molecule has 1 unspecified atom stereocenters. The van der Waals surface area contributed by atoms with Crippen molar-refractivity contribution < 1.29 is 9.90 Å². The number of aromatic hydroxyl groups is 1. The van der Waals surface area contributed by atoms with E-state index in [1.807, 2.05) is 24.7 Å². The second kappa shape index (κ2) is 16.8. The van der Waals surface area contributed by atoms with Gasteiger partial charge in [-0.05, 0) is 76.1 Å². The number of amides is 2. The van der Waals surface area contributed by atoms with Crippen LogP contribution < -0.4 is 5.32 Å². The third-order valence-electron chi connectivity index (χ3n) is 11.5. The molecule has 1 aliphatic carbocycles. The fourth-order valence-corrected chi connectivity index (χ4v) is 8.83. The number of anilines is 1. The monoisotopic (exact) mass is 730 g/mol. The highest BCUT2D eigenvalue weighted by Gasteiger charge is 2.44. The number of hydrogen-bond donors (Lipinski definition) is 2. The van der Waals surface area contributed by atoms with Gasteiger partial charge in [-0.2, -0.15) is 0 Å². The van der Waals surface area contributed by atoms with Crippen LogP contribution in [0.3, 0.4) is 0 Å². The van der Waals surface area contributed by atoms with Gasteiger partial charge in [0.15, 0.2) is 0 Å². The van der Waals surface area contributed by atoms with E-state index >= 15 is 4.79 Å². The molecule has 7 rings (SSSR count). The summed E-state index contributed by atoms with van der Waals surface area (Å²) in [5.41, 5.74) is 7.61. The van der Waals surface area contributed by atoms with Crippen LogP contribution in [0.1, 0.15) is 117 Å². The first-order chi connectivity index (χ1) is 26.8. The zero-order valence-corrected chi connectivity index (χ0v) is 32.6. The van der Waals surface area contributed by atoms with E-state index in [1.165, 1.54) is 6.42 Å². The predicted octanol–water partition coefficient (Wildman–Crippen LogP) is 12.0. The van der Waals surface area contributed by atoms with Crippen molar-refractivity contribution in [2.45, 2.75) is 89.8 Å². The number of para-hydroxylation sites is 1. The minimum atomic E-state index is -0.793. The summed E-state index contributed by atoms with van der Waals surface area (Å²) in [4.78, 5) is 22.4. The largest absolute Gasteiger partial charge is 0.508 e. The summed E-state index contributed by atoms with van der Waals surface area (Å²) in [5, 5.41) is 13.8. The Labute approximate surface area is 326 Å². The van der Waals surface area contributed by atoms with Gasteiger partial charge in [0.1, 0.15) is 11.3 Å². The quantitative estimate of drug-likeness (QED) is 0.123. The number of carbonyl (C=O) groups excluding carboxylic acids is 1. The van der Waals surface area contributed by atoms with E-state index in [0.717, 1.165) is 70.4 Å². The molecule has 1 atom stereocenters. The van der Waals surface area contributed by atoms with Crippen LogP contribution in [0.5, 0.6) is 5.75 Å². The summed E-state index contributed by atoms with van der Waals surface area (Å²) in [6.45, 7) is 9.09. The van der Waals surface area contributed by atoms with Gasteiger partial charge in [0, 0.05) is 12.2 Å². The molecule has 1 fully saturated rings. The van der Waals surface area contributed by atoms with E-state index < -0.39 is 5.54 Å². The maximum atomic E-state index is 15.4. The standard InChI is InChI=1S/C49H54N4O2/c1-35(2)43-26-17-27-44(36(3)4)46(43)51-48(55)52(33-37-28-30-42(54)31-29-37)47(38-18-9-5-10-19-38)45-32-50-34-53(45)49(39-20-11-6-12-21-39,40-22-13-7-14-23-40)41-24-15-8-16-25-41/h6-8,11-17,20-32,34-36,38,47,54H,5,9-10,18-19,33H2,1-4H3,(H,51,55). The predicted molar refractivity (Wildman–Crippen MR) is 223 cm³/mol. The molecule has 6 aromatic rings. The van der Waals surface area contributed by atoms with Gasteiger partial charge in [0.05, 0.1) is 24.3 Å². The van der Waals surface area contributed by atoms with Crippen LogP contribution in [0.25, 0.3) is 0 Å². The summed E-state index contributed by atoms with van der Waals surface area (Å²) in [5.74, 6) is 0.834. The van der Waals surface area contributed by atoms with Crippen LogP contribution in [-0.2, 0) is 12.1 Å². The highest BCUT2D eigenvalue weighted by Crippen LogP contribution is 2.46. The first kappa shape index (κ1) is 37.7. The van der Waals surface area contributed by atoms with E-state index in [0.29, 0.717) is 6.54 Å². The Morgan fingerprint density at radius 3 is 1.73 bits per heavy atom. The lowest BCUT2D eigenvalue weighted by Crippen LogP contribution is -2.45. The molecular weight excluding hydrogens is 677 g/mol. The van der Waals surface area contributed by atoms with Gasteiger partial charge in [0.2, 0.25) is 0 Å². The van der Waals surface area contributed by atoms with Gasteiger partial charge in [-0.25, -0.2) is 9.78 Å². The number of aromatic nitrogens is 2. The Kier molecular flexibility index (Phi) is 11.5. The van der Waals surface area contributed by atoms with Gasteiger partial charge in [0.25, 0.3) is 0 Å². The molecule has 1 heterocycles. The smallest absolute Gasteiger partial charge is 0.322 e. The average Bonchev–Trinajstić information content (AvgIpc) is 3.69. The average molecular weight is 731 g/mol. The van der Waals surface area contributed by atoms with Crippen LogP contribution in [0.15, 0.2) is 146 Å². The van der Waals surface area contributed by atoms with Gasteiger partial charge < -0.3 is 19.9 Å². The molecule has 1 saturated carbocycles. The summed E-state index contributed by atoms with van der Waals surface area (Å²) in [6, 6.07) is 45.2. The van der Waals surface area contributed by atoms with Crippen LogP contribution in [0.4, 0.5) is 10.5 Å². The molecule has 0 radical (unpaired) electrons. The number of nitrogens with zero attached hydrogens (tertiary/aromatic N) is 3. The summed E-state index contributed by atoms with van der Waals surface area (Å²) in [7, 11) is 0. The molecule has 2 N–H and O–H groups in total. The third kappa shape index (κ3) is 7.68. The van der Waals surface area contributed by atoms with E-state index in [-0.39, 0.29) is 35.6 Å². The number of rotatable bonds is 12. The van der Waals surface area contributed by atoms with Crippen molar-refractivity contribution in [1.82, 2.24) is 14.5 Å². The highest BCUT2D eigenvalue weighted by molar-refractivity contribution is 5.92. The molecule has 0 bridgehead atoms. The van der Waals surface area contributed by atoms with Crippen LogP contribution in [0.2, 0.25) is 0 Å². The Balaban J connectivity index is 1.47. The highest BCUT2D eigenvalue weighted by atomic mass is 16.3. The SMILES string of the molecule is CC(C)c1cccc(C(C)C)c1NC(=O)N(Cc1ccc(O)cc1)C(c1cncn1C(c1ccccc1)(c1ccccc1)c1ccccc1)C1CCCCC1. The maximum Gasteiger partial charge on any atom is 0.322 e. The summed E-state index contributed by atoms with van der Waals surface area (Å²) < 4.78 is 2.35. The van der Waals surface area contributed by atoms with Gasteiger partial charge in [-0.15, -0.1) is 0 Å². The van der Waals surface area contributed by atoms with Crippen molar-refractivity contribution in [2.24, 2.45) is 5.92 Å². The van der Waals surface area contributed by atoms with Crippen molar-refractivity contribution in [3.8, 4) is 5.75 Å². The van der Waals surface area contributed by atoms with E-state index in [2.05, 4.69) is 152 Å². The number of imidazole rings is 1. The first-order valence-electron chi connectivity index (χ1n) is 20.0. The number of hydrogen-bond acceptors (Lipinski definition) is 3. The Morgan fingerprint density at radius 2 is 1.24 bits per heavy atom. The third-order valence-corrected chi connectivity index (χ3v) is 11.5. The number of phenolic OH excluding ortho intramolecular Hbond substituents is 1. The lowest BCUT2D eigenvalue weighted by molar-refractivity contribution is 0.127. The van der Waals surface area contributed by atoms with E-state index in [9.17, 15) is 5.11 Å². The molecule has 6 nitrogen and oxygen atoms in total. The zero-order valence-electron chi connectivity index (χ0n) is 32.6. The van der Waals surface area contributed by atoms with Gasteiger partial charge in [-0.1, -0.05) is 168 Å². The molecule has 0 spiro atoms. The zero-order chi connectivity index (χ0) is 38.4. The lowest BCUT2D eigenvalue weighted by Gasteiger charge is -2.44. The molecule has 6 heteroatoms. The topological polar surface area (TPSA) is 70.4 Å². The molecule has 282 valence electrons. The Hall–Kier alpha value is -5.62. The van der Waals surface area contributed by atoms with Gasteiger partial charge >= 0.3 is 6.03 Å². The number of phenols is 1. The van der Waals surface area contributed by atoms with Crippen LogP contribution >= 0.6 is 0 Å². The normalized spacial score (nSPS) is 14.2. The fourth-order valence-electron chi connectivity index (χ4n) is 8.83. The molecule has 55 heavy (non-hydrogen) atoms. The Morgan fingerprint density at radius 1 is 0.727 bits per heavy atom. The second-order valence-corrected chi connectivity index (χ2v) is 15.7. The van der Waals surface area contributed by atoms with Crippen LogP contribution in [-0.4, -0.2) is 25.6 Å². The van der Waals surface area contributed by atoms with Gasteiger partial charge in [-0.3, -0.25) is 0 Å². The van der Waals surface area contributed by atoms with Crippen molar-refractivity contribution in [3.63, 3.8) is 0 Å². The number of carbonyl (C=O) groups is 1. The molecular formula is C49H54N4O2. The summed E-state index contributed by atoms with van der Waals surface area (Å²) in [6.07, 6.45) is 9.39. The first-order valence-corrected chi connectivity index (χ1v) is 20.0. The lowest BCUT2D eigenvalue weighted by atomic mass is 9.75.